The van der Waals surface area contributed by atoms with Crippen LogP contribution in [0.15, 0.2) is 121 Å². The van der Waals surface area contributed by atoms with Crippen molar-refractivity contribution in [2.45, 2.75) is 0 Å². The topological polar surface area (TPSA) is 158 Å². The van der Waals surface area contributed by atoms with E-state index in [1.807, 2.05) is 72.8 Å². The molecule has 8 rings (SSSR count). The highest BCUT2D eigenvalue weighted by Crippen LogP contribution is 2.43. The molecule has 52 heavy (non-hydrogen) atoms. The van der Waals surface area contributed by atoms with Crippen molar-refractivity contribution in [3.05, 3.63) is 149 Å². The molecule has 0 aliphatic rings. The zero-order valence-electron chi connectivity index (χ0n) is 27.1. The second kappa shape index (κ2) is 12.7. The van der Waals surface area contributed by atoms with Crippen LogP contribution in [0.25, 0.3) is 77.6 Å². The SMILES string of the molecule is N#Cc1ccc(-c2nc3cc(C#N)c4c(-c5ccccc5-c5cc(C#N)cc(C#N)c5)nc5ccccc5c4c3nc2-c2ccc(C#N)cc2)cc1. The highest BCUT2D eigenvalue weighted by Gasteiger charge is 2.23. The molecule has 2 heterocycles. The van der Waals surface area contributed by atoms with Crippen LogP contribution in [0, 0.1) is 56.7 Å². The van der Waals surface area contributed by atoms with Gasteiger partial charge in [0.25, 0.3) is 0 Å². The number of fused-ring (bicyclic) bond motifs is 5. The third-order valence-corrected chi connectivity index (χ3v) is 8.98. The number of nitriles is 5. The molecule has 0 N–H and O–H groups in total. The van der Waals surface area contributed by atoms with Crippen molar-refractivity contribution in [1.29, 1.82) is 26.3 Å². The van der Waals surface area contributed by atoms with Crippen molar-refractivity contribution >= 4 is 32.7 Å². The maximum Gasteiger partial charge on any atom is 0.0999 e. The van der Waals surface area contributed by atoms with Gasteiger partial charge in [-0.25, -0.2) is 15.0 Å². The molecule has 8 heteroatoms. The van der Waals surface area contributed by atoms with Crippen molar-refractivity contribution in [2.24, 2.45) is 0 Å². The predicted octanol–water partition coefficient (Wildman–Crippen LogP) is 9.36. The van der Waals surface area contributed by atoms with E-state index in [2.05, 4.69) is 30.3 Å². The molecule has 0 aliphatic heterocycles. The van der Waals surface area contributed by atoms with Crippen LogP contribution in [-0.2, 0) is 0 Å². The third kappa shape index (κ3) is 5.18. The van der Waals surface area contributed by atoms with Gasteiger partial charge in [-0.1, -0.05) is 66.7 Å². The zero-order chi connectivity index (χ0) is 35.8. The lowest BCUT2D eigenvalue weighted by atomic mass is 9.90. The van der Waals surface area contributed by atoms with Gasteiger partial charge in [-0.3, -0.25) is 0 Å². The molecule has 0 fully saturated rings. The molecule has 0 atom stereocenters. The number of pyridine rings is 1. The van der Waals surface area contributed by atoms with Gasteiger partial charge in [0.2, 0.25) is 0 Å². The molecule has 0 bridgehead atoms. The van der Waals surface area contributed by atoms with E-state index < -0.39 is 0 Å². The fourth-order valence-corrected chi connectivity index (χ4v) is 6.61. The number of rotatable bonds is 4. The summed E-state index contributed by atoms with van der Waals surface area (Å²) in [5, 5.41) is 51.2. The van der Waals surface area contributed by atoms with Crippen molar-refractivity contribution in [3.8, 4) is 75.2 Å². The third-order valence-electron chi connectivity index (χ3n) is 8.98. The van der Waals surface area contributed by atoms with E-state index in [1.165, 1.54) is 0 Å². The number of nitrogens with zero attached hydrogens (tertiary/aromatic N) is 8. The number of hydrogen-bond donors (Lipinski definition) is 0. The first-order chi connectivity index (χ1) is 25.5. The van der Waals surface area contributed by atoms with Crippen LogP contribution in [0.3, 0.4) is 0 Å². The summed E-state index contributed by atoms with van der Waals surface area (Å²) in [4.78, 5) is 15.6. The summed E-state index contributed by atoms with van der Waals surface area (Å²) in [6, 6.07) is 47.3. The first kappa shape index (κ1) is 31.1. The molecule has 8 aromatic rings. The lowest BCUT2D eigenvalue weighted by Crippen LogP contribution is -2.00. The van der Waals surface area contributed by atoms with Crippen molar-refractivity contribution in [1.82, 2.24) is 15.0 Å². The Morgan fingerprint density at radius 3 is 1.52 bits per heavy atom. The largest absolute Gasteiger partial charge is 0.247 e. The van der Waals surface area contributed by atoms with E-state index >= 15 is 0 Å². The molecule has 0 radical (unpaired) electrons. The van der Waals surface area contributed by atoms with E-state index in [9.17, 15) is 26.3 Å². The standard InChI is InChI=1S/C44H20N8/c45-21-26-9-13-30(14-10-26)41-42(31-15-11-27(22-46)12-16-31)52-44-38(51-41)20-33(25-49)39-40(44)36-7-3-4-8-37(36)50-43(39)35-6-2-1-5-34(35)32-18-28(23-47)17-29(19-32)24-48/h1-20H. The Kier molecular flexibility index (Phi) is 7.57. The van der Waals surface area contributed by atoms with E-state index in [0.717, 1.165) is 22.1 Å². The molecule has 0 saturated heterocycles. The van der Waals surface area contributed by atoms with Crippen molar-refractivity contribution < 1.29 is 0 Å². The zero-order valence-corrected chi connectivity index (χ0v) is 27.1. The lowest BCUT2D eigenvalue weighted by molar-refractivity contribution is 1.29. The number of aromatic nitrogens is 3. The van der Waals surface area contributed by atoms with Gasteiger partial charge >= 0.3 is 0 Å². The van der Waals surface area contributed by atoms with Crippen molar-refractivity contribution in [3.63, 3.8) is 0 Å². The minimum atomic E-state index is 0.347. The Morgan fingerprint density at radius 2 is 0.923 bits per heavy atom. The lowest BCUT2D eigenvalue weighted by Gasteiger charge is -2.17. The van der Waals surface area contributed by atoms with Gasteiger partial charge in [0, 0.05) is 32.8 Å². The highest BCUT2D eigenvalue weighted by molar-refractivity contribution is 6.23. The summed E-state index contributed by atoms with van der Waals surface area (Å²) >= 11 is 0. The number of hydrogen-bond acceptors (Lipinski definition) is 8. The van der Waals surface area contributed by atoms with Gasteiger partial charge in [-0.2, -0.15) is 26.3 Å². The van der Waals surface area contributed by atoms with Crippen LogP contribution in [-0.4, -0.2) is 15.0 Å². The van der Waals surface area contributed by atoms with Gasteiger partial charge < -0.3 is 0 Å². The summed E-state index contributed by atoms with van der Waals surface area (Å²) in [5.74, 6) is 0. The molecular weight excluding hydrogens is 641 g/mol. The molecule has 0 unspecified atom stereocenters. The van der Waals surface area contributed by atoms with E-state index in [0.29, 0.717) is 83.3 Å². The minimum Gasteiger partial charge on any atom is -0.247 e. The predicted molar refractivity (Wildman–Crippen MR) is 198 cm³/mol. The quantitative estimate of drug-likeness (QED) is 0.169. The Morgan fingerprint density at radius 1 is 0.385 bits per heavy atom. The second-order valence-corrected chi connectivity index (χ2v) is 12.0. The van der Waals surface area contributed by atoms with Gasteiger partial charge in [-0.15, -0.1) is 0 Å². The smallest absolute Gasteiger partial charge is 0.0999 e. The van der Waals surface area contributed by atoms with E-state index in [1.54, 1.807) is 48.5 Å². The molecule has 6 aromatic carbocycles. The van der Waals surface area contributed by atoms with Crippen molar-refractivity contribution in [2.75, 3.05) is 0 Å². The van der Waals surface area contributed by atoms with Gasteiger partial charge in [0.15, 0.2) is 0 Å². The Hall–Kier alpha value is -8.22. The molecule has 8 nitrogen and oxygen atoms in total. The Labute approximate surface area is 297 Å². The molecule has 0 saturated carbocycles. The molecular formula is C44H20N8. The number of para-hydroxylation sites is 1. The van der Waals surface area contributed by atoms with E-state index in [4.69, 9.17) is 15.0 Å². The van der Waals surface area contributed by atoms with Crippen LogP contribution in [0.4, 0.5) is 0 Å². The Bertz CT molecular complexity index is 2970. The summed E-state index contributed by atoms with van der Waals surface area (Å²) in [6.45, 7) is 0. The molecule has 2 aromatic heterocycles. The molecule has 0 spiro atoms. The van der Waals surface area contributed by atoms with E-state index in [-0.39, 0.29) is 0 Å². The summed E-state index contributed by atoms with van der Waals surface area (Å²) in [6.07, 6.45) is 0. The summed E-state index contributed by atoms with van der Waals surface area (Å²) in [7, 11) is 0. The first-order valence-corrected chi connectivity index (χ1v) is 16.1. The normalized spacial score (nSPS) is 10.6. The maximum absolute atomic E-state index is 10.7. The summed E-state index contributed by atoms with van der Waals surface area (Å²) in [5.41, 5.74) is 9.05. The Balaban J connectivity index is 1.51. The van der Waals surface area contributed by atoms with Gasteiger partial charge in [0.05, 0.1) is 91.8 Å². The maximum atomic E-state index is 10.7. The fourth-order valence-electron chi connectivity index (χ4n) is 6.61. The minimum absolute atomic E-state index is 0.347. The van der Waals surface area contributed by atoms with Crippen LogP contribution in [0.2, 0.25) is 0 Å². The fraction of sp³-hybridized carbons (Fsp3) is 0. The number of benzene rings is 6. The van der Waals surface area contributed by atoms with Crippen LogP contribution in [0.1, 0.15) is 27.8 Å². The molecule has 236 valence electrons. The van der Waals surface area contributed by atoms with Crippen LogP contribution >= 0.6 is 0 Å². The highest BCUT2D eigenvalue weighted by atomic mass is 14.8. The van der Waals surface area contributed by atoms with Crippen LogP contribution in [0.5, 0.6) is 0 Å². The average molecular weight is 661 g/mol. The average Bonchev–Trinajstić information content (AvgIpc) is 3.22. The monoisotopic (exact) mass is 660 g/mol. The second-order valence-electron chi connectivity index (χ2n) is 12.0. The van der Waals surface area contributed by atoms with Crippen LogP contribution < -0.4 is 0 Å². The molecule has 0 aliphatic carbocycles. The van der Waals surface area contributed by atoms with Gasteiger partial charge in [0.1, 0.15) is 0 Å². The van der Waals surface area contributed by atoms with Gasteiger partial charge in [-0.05, 0) is 65.7 Å². The molecule has 0 amide bonds. The first-order valence-electron chi connectivity index (χ1n) is 16.1. The summed E-state index contributed by atoms with van der Waals surface area (Å²) < 4.78 is 0.